The Morgan fingerprint density at radius 2 is 2.47 bits per heavy atom. The van der Waals surface area contributed by atoms with Crippen molar-refractivity contribution in [3.63, 3.8) is 0 Å². The van der Waals surface area contributed by atoms with Gasteiger partial charge in [-0.15, -0.1) is 5.10 Å². The molecule has 0 aliphatic carbocycles. The number of carbonyl (C=O) groups is 1. The van der Waals surface area contributed by atoms with E-state index in [9.17, 15) is 9.18 Å². The summed E-state index contributed by atoms with van der Waals surface area (Å²) in [7, 11) is 0. The Bertz CT molecular complexity index is 356. The minimum atomic E-state index is -1.21. The molecule has 0 saturated carbocycles. The van der Waals surface area contributed by atoms with Gasteiger partial charge in [0.1, 0.15) is 6.17 Å². The van der Waals surface area contributed by atoms with Gasteiger partial charge in [0.05, 0.1) is 19.3 Å². The van der Waals surface area contributed by atoms with Gasteiger partial charge in [-0.05, 0) is 6.42 Å². The Morgan fingerprint density at radius 3 is 3.06 bits per heavy atom. The molecule has 6 nitrogen and oxygen atoms in total. The van der Waals surface area contributed by atoms with Crippen molar-refractivity contribution in [2.24, 2.45) is 0 Å². The smallest absolute Gasteiger partial charge is 0.358 e. The Hall–Kier alpha value is -1.50. The number of ether oxygens (including phenoxy) is 1. The van der Waals surface area contributed by atoms with Crippen LogP contribution in [0, 0.1) is 0 Å². The highest BCUT2D eigenvalue weighted by Gasteiger charge is 2.12. The first-order chi connectivity index (χ1) is 8.13. The van der Waals surface area contributed by atoms with Gasteiger partial charge in [0.15, 0.2) is 5.69 Å². The second-order valence-corrected chi connectivity index (χ2v) is 3.66. The fourth-order valence-electron chi connectivity index (χ4n) is 1.20. The van der Waals surface area contributed by atoms with Crippen molar-refractivity contribution in [3.05, 3.63) is 11.9 Å². The van der Waals surface area contributed by atoms with E-state index in [1.54, 1.807) is 0 Å². The van der Waals surface area contributed by atoms with Crippen LogP contribution in [0.1, 0.15) is 30.3 Å². The predicted octanol–water partition coefficient (Wildman–Crippen LogP) is 1.13. The number of halogens is 1. The molecule has 0 aliphatic rings. The van der Waals surface area contributed by atoms with Crippen LogP contribution in [0.3, 0.4) is 0 Å². The number of aromatic carboxylic acids is 1. The highest BCUT2D eigenvalue weighted by Crippen LogP contribution is 2.00. The van der Waals surface area contributed by atoms with Crippen LogP contribution in [0.5, 0.6) is 0 Å². The third kappa shape index (κ3) is 4.90. The summed E-state index contributed by atoms with van der Waals surface area (Å²) in [6.07, 6.45) is 1.89. The fraction of sp³-hybridized carbons (Fsp3) is 0.700. The summed E-state index contributed by atoms with van der Waals surface area (Å²) in [4.78, 5) is 10.5. The zero-order valence-electron chi connectivity index (χ0n) is 9.67. The zero-order chi connectivity index (χ0) is 12.7. The average Bonchev–Trinajstić information content (AvgIpc) is 2.73. The summed E-state index contributed by atoms with van der Waals surface area (Å²) in [5, 5.41) is 15.5. The van der Waals surface area contributed by atoms with E-state index in [2.05, 4.69) is 10.3 Å². The molecule has 7 heteroatoms. The van der Waals surface area contributed by atoms with E-state index in [0.717, 1.165) is 17.5 Å². The van der Waals surface area contributed by atoms with E-state index in [0.29, 0.717) is 6.61 Å². The highest BCUT2D eigenvalue weighted by atomic mass is 19.1. The Morgan fingerprint density at radius 1 is 1.71 bits per heavy atom. The maximum Gasteiger partial charge on any atom is 0.358 e. The van der Waals surface area contributed by atoms with Crippen LogP contribution in [0.2, 0.25) is 0 Å². The van der Waals surface area contributed by atoms with Gasteiger partial charge < -0.3 is 9.84 Å². The van der Waals surface area contributed by atoms with Crippen molar-refractivity contribution in [1.29, 1.82) is 0 Å². The van der Waals surface area contributed by atoms with Crippen molar-refractivity contribution < 1.29 is 19.0 Å². The van der Waals surface area contributed by atoms with Crippen molar-refractivity contribution >= 4 is 5.97 Å². The quantitative estimate of drug-likeness (QED) is 0.695. The third-order valence-electron chi connectivity index (χ3n) is 2.08. The van der Waals surface area contributed by atoms with Crippen LogP contribution >= 0.6 is 0 Å². The van der Waals surface area contributed by atoms with E-state index in [1.165, 1.54) is 6.20 Å². The molecule has 1 atom stereocenters. The lowest BCUT2D eigenvalue weighted by atomic mass is 10.3. The summed E-state index contributed by atoms with van der Waals surface area (Å²) < 4.78 is 19.6. The molecule has 1 heterocycles. The summed E-state index contributed by atoms with van der Waals surface area (Å²) in [6.45, 7) is 2.50. The molecule has 96 valence electrons. The van der Waals surface area contributed by atoms with E-state index >= 15 is 0 Å². The van der Waals surface area contributed by atoms with E-state index in [-0.39, 0.29) is 18.8 Å². The maximum absolute atomic E-state index is 13.4. The number of nitrogens with zero attached hydrogens (tertiary/aromatic N) is 3. The normalized spacial score (nSPS) is 12.6. The maximum atomic E-state index is 13.4. The Kier molecular flexibility index (Phi) is 5.55. The molecule has 1 aromatic rings. The van der Waals surface area contributed by atoms with Gasteiger partial charge in [0.25, 0.3) is 0 Å². The molecule has 0 spiro atoms. The van der Waals surface area contributed by atoms with Crippen LogP contribution in [-0.2, 0) is 11.3 Å². The summed E-state index contributed by atoms with van der Waals surface area (Å²) in [5.74, 6) is -1.18. The number of carboxylic acid groups (broad SMARTS) is 1. The zero-order valence-corrected chi connectivity index (χ0v) is 9.67. The van der Waals surface area contributed by atoms with Crippen molar-refractivity contribution in [2.75, 3.05) is 13.2 Å². The Labute approximate surface area is 98.4 Å². The van der Waals surface area contributed by atoms with Gasteiger partial charge in [-0.3, -0.25) is 0 Å². The average molecular weight is 245 g/mol. The molecule has 0 bridgehead atoms. The number of carboxylic acids is 1. The van der Waals surface area contributed by atoms with Crippen molar-refractivity contribution in [3.8, 4) is 0 Å². The number of hydrogen-bond acceptors (Lipinski definition) is 4. The molecule has 1 rings (SSSR count). The molecule has 0 radical (unpaired) electrons. The molecule has 17 heavy (non-hydrogen) atoms. The molecule has 1 N–H and O–H groups in total. The molecule has 0 aliphatic heterocycles. The van der Waals surface area contributed by atoms with Crippen LogP contribution in [-0.4, -0.2) is 45.5 Å². The third-order valence-corrected chi connectivity index (χ3v) is 2.08. The Balaban J connectivity index is 2.29. The van der Waals surface area contributed by atoms with Crippen LogP contribution in [0.4, 0.5) is 4.39 Å². The molecule has 0 unspecified atom stereocenters. The second-order valence-electron chi connectivity index (χ2n) is 3.66. The highest BCUT2D eigenvalue weighted by molar-refractivity contribution is 5.84. The van der Waals surface area contributed by atoms with Gasteiger partial charge in [-0.25, -0.2) is 13.9 Å². The van der Waals surface area contributed by atoms with Crippen LogP contribution in [0.15, 0.2) is 6.20 Å². The summed E-state index contributed by atoms with van der Waals surface area (Å²) in [5.41, 5.74) is -0.191. The minimum absolute atomic E-state index is 0.0116. The van der Waals surface area contributed by atoms with Crippen LogP contribution < -0.4 is 0 Å². The number of alkyl halides is 1. The van der Waals surface area contributed by atoms with Gasteiger partial charge >= 0.3 is 5.97 Å². The molecule has 0 saturated heterocycles. The molecular weight excluding hydrogens is 229 g/mol. The summed E-state index contributed by atoms with van der Waals surface area (Å²) in [6, 6.07) is 0. The van der Waals surface area contributed by atoms with Gasteiger partial charge in [-0.2, -0.15) is 0 Å². The molecular formula is C10H16FN3O3. The number of hydrogen-bond donors (Lipinski definition) is 1. The molecule has 0 aromatic carbocycles. The predicted molar refractivity (Wildman–Crippen MR) is 57.6 cm³/mol. The summed E-state index contributed by atoms with van der Waals surface area (Å²) >= 11 is 0. The second kappa shape index (κ2) is 6.95. The van der Waals surface area contributed by atoms with Crippen molar-refractivity contribution in [1.82, 2.24) is 15.0 Å². The van der Waals surface area contributed by atoms with Crippen LogP contribution in [0.25, 0.3) is 0 Å². The van der Waals surface area contributed by atoms with E-state index in [4.69, 9.17) is 9.84 Å². The molecule has 0 fully saturated rings. The van der Waals surface area contributed by atoms with Gasteiger partial charge in [-0.1, -0.05) is 18.6 Å². The largest absolute Gasteiger partial charge is 0.476 e. The van der Waals surface area contributed by atoms with Crippen molar-refractivity contribution in [2.45, 2.75) is 32.5 Å². The fourth-order valence-corrected chi connectivity index (χ4v) is 1.20. The lowest BCUT2D eigenvalue weighted by molar-refractivity contribution is 0.0688. The topological polar surface area (TPSA) is 77.2 Å². The van der Waals surface area contributed by atoms with E-state index in [1.807, 2.05) is 6.92 Å². The molecule has 1 aromatic heterocycles. The standard InChI is InChI=1S/C10H16FN3O3/c1-2-3-4-17-7-8(11)5-14-6-9(10(15)16)12-13-14/h6,8H,2-5,7H2,1H3,(H,15,16)/t8-/m0/s1. The first kappa shape index (κ1) is 13.6. The molecule has 0 amide bonds. The van der Waals surface area contributed by atoms with E-state index < -0.39 is 12.1 Å². The first-order valence-electron chi connectivity index (χ1n) is 5.48. The number of rotatable bonds is 8. The lowest BCUT2D eigenvalue weighted by Gasteiger charge is -2.08. The van der Waals surface area contributed by atoms with Gasteiger partial charge in [0.2, 0.25) is 0 Å². The SMILES string of the molecule is CCCCOC[C@@H](F)Cn1cc(C(=O)O)nn1. The lowest BCUT2D eigenvalue weighted by Crippen LogP contribution is -2.18. The number of unbranched alkanes of at least 4 members (excludes halogenated alkanes) is 1. The number of aromatic nitrogens is 3. The minimum Gasteiger partial charge on any atom is -0.476 e. The monoisotopic (exact) mass is 245 g/mol. The van der Waals surface area contributed by atoms with Gasteiger partial charge in [0, 0.05) is 6.61 Å². The first-order valence-corrected chi connectivity index (χ1v) is 5.48.